The van der Waals surface area contributed by atoms with Crippen LogP contribution in [-0.4, -0.2) is 29.6 Å². The van der Waals surface area contributed by atoms with E-state index >= 15 is 0 Å². The van der Waals surface area contributed by atoms with Crippen molar-refractivity contribution in [1.82, 2.24) is 10.6 Å². The minimum absolute atomic E-state index is 0.223. The predicted octanol–water partition coefficient (Wildman–Crippen LogP) is 1.81. The van der Waals surface area contributed by atoms with Crippen LogP contribution in [0.15, 0.2) is 47.3 Å². The minimum atomic E-state index is -0.739. The van der Waals surface area contributed by atoms with Gasteiger partial charge in [0.25, 0.3) is 5.91 Å². The van der Waals surface area contributed by atoms with Gasteiger partial charge in [-0.15, -0.1) is 0 Å². The normalized spacial score (nSPS) is 13.1. The van der Waals surface area contributed by atoms with Crippen molar-refractivity contribution < 1.29 is 19.1 Å². The molecule has 1 aromatic heterocycles. The smallest absolute Gasteiger partial charge is 0.255 e. The first-order valence-electron chi connectivity index (χ1n) is 7.88. The molecule has 0 saturated carbocycles. The van der Waals surface area contributed by atoms with Gasteiger partial charge in [0.2, 0.25) is 5.91 Å². The van der Waals surface area contributed by atoms with Crippen LogP contribution >= 0.6 is 0 Å². The molecule has 0 aliphatic heterocycles. The highest BCUT2D eigenvalue weighted by Gasteiger charge is 2.20. The Hall–Kier alpha value is -2.60. The number of hydrogen-bond donors (Lipinski definition) is 3. The Morgan fingerprint density at radius 1 is 1.17 bits per heavy atom. The van der Waals surface area contributed by atoms with E-state index in [4.69, 9.17) is 4.42 Å². The van der Waals surface area contributed by atoms with Gasteiger partial charge in [0, 0.05) is 0 Å². The van der Waals surface area contributed by atoms with E-state index in [1.807, 2.05) is 24.3 Å². The summed E-state index contributed by atoms with van der Waals surface area (Å²) in [7, 11) is 0. The number of carbonyl (C=O) groups excluding carboxylic acids is 2. The van der Waals surface area contributed by atoms with E-state index in [1.165, 1.54) is 24.2 Å². The Balaban J connectivity index is 1.96. The van der Waals surface area contributed by atoms with Crippen LogP contribution in [0.4, 0.5) is 0 Å². The van der Waals surface area contributed by atoms with Crippen LogP contribution in [0.5, 0.6) is 0 Å². The second-order valence-electron chi connectivity index (χ2n) is 5.55. The molecule has 2 aromatic rings. The Morgan fingerprint density at radius 2 is 1.88 bits per heavy atom. The molecule has 6 heteroatoms. The van der Waals surface area contributed by atoms with Crippen LogP contribution in [0, 0.1) is 0 Å². The third kappa shape index (κ3) is 4.45. The number of amides is 2. The first kappa shape index (κ1) is 17.7. The summed E-state index contributed by atoms with van der Waals surface area (Å²) in [6, 6.07) is 7.96. The van der Waals surface area contributed by atoms with Crippen molar-refractivity contribution in [1.29, 1.82) is 0 Å². The second-order valence-corrected chi connectivity index (χ2v) is 5.55. The van der Waals surface area contributed by atoms with Gasteiger partial charge in [0.15, 0.2) is 0 Å². The van der Waals surface area contributed by atoms with Crippen LogP contribution in [0.1, 0.15) is 41.4 Å². The highest BCUT2D eigenvalue weighted by atomic mass is 16.3. The molecule has 1 heterocycles. The van der Waals surface area contributed by atoms with Gasteiger partial charge in [0.05, 0.1) is 24.5 Å². The van der Waals surface area contributed by atoms with Crippen molar-refractivity contribution >= 4 is 11.8 Å². The summed E-state index contributed by atoms with van der Waals surface area (Å²) in [5.41, 5.74) is 2.35. The van der Waals surface area contributed by atoms with Crippen molar-refractivity contribution in [3.63, 3.8) is 0 Å². The monoisotopic (exact) mass is 330 g/mol. The molecule has 0 radical (unpaired) electrons. The summed E-state index contributed by atoms with van der Waals surface area (Å²) in [5.74, 6) is -0.760. The molecule has 2 amide bonds. The van der Waals surface area contributed by atoms with Gasteiger partial charge in [-0.3, -0.25) is 9.59 Å². The number of benzene rings is 1. The Labute approximate surface area is 140 Å². The summed E-state index contributed by atoms with van der Waals surface area (Å²) in [6.45, 7) is 3.42. The Kier molecular flexibility index (Phi) is 6.14. The van der Waals surface area contributed by atoms with E-state index in [0.29, 0.717) is 5.56 Å². The summed E-state index contributed by atoms with van der Waals surface area (Å²) < 4.78 is 4.84. The summed E-state index contributed by atoms with van der Waals surface area (Å²) in [5, 5.41) is 14.9. The molecule has 6 nitrogen and oxygen atoms in total. The molecule has 2 unspecified atom stereocenters. The van der Waals surface area contributed by atoms with Crippen molar-refractivity contribution in [2.24, 2.45) is 0 Å². The molecule has 1 aromatic carbocycles. The van der Waals surface area contributed by atoms with Crippen molar-refractivity contribution in [2.75, 3.05) is 6.61 Å². The van der Waals surface area contributed by atoms with Crippen LogP contribution in [-0.2, 0) is 11.2 Å². The van der Waals surface area contributed by atoms with E-state index in [0.717, 1.165) is 12.0 Å². The predicted molar refractivity (Wildman–Crippen MR) is 89.4 cm³/mol. The minimum Gasteiger partial charge on any atom is -0.472 e. The molecule has 3 N–H and O–H groups in total. The third-order valence-corrected chi connectivity index (χ3v) is 3.81. The maximum atomic E-state index is 12.3. The molecule has 0 aliphatic carbocycles. The number of furan rings is 1. The standard InChI is InChI=1S/C18H22N2O4/c1-3-13-4-6-14(7-5-13)16(10-21)20-17(22)12(2)19-18(23)15-8-9-24-11-15/h4-9,11-12,16,21H,3,10H2,1-2H3,(H,19,23)(H,20,22). The van der Waals surface area contributed by atoms with Gasteiger partial charge in [-0.05, 0) is 30.5 Å². The maximum Gasteiger partial charge on any atom is 0.255 e. The number of nitrogens with one attached hydrogen (secondary N) is 2. The quantitative estimate of drug-likeness (QED) is 0.722. The maximum absolute atomic E-state index is 12.3. The van der Waals surface area contributed by atoms with E-state index in [1.54, 1.807) is 6.92 Å². The number of aliphatic hydroxyl groups excluding tert-OH is 1. The Morgan fingerprint density at radius 3 is 2.42 bits per heavy atom. The average molecular weight is 330 g/mol. The fourth-order valence-corrected chi connectivity index (χ4v) is 2.26. The molecular formula is C18H22N2O4. The number of carbonyl (C=O) groups is 2. The average Bonchev–Trinajstić information content (AvgIpc) is 3.14. The van der Waals surface area contributed by atoms with Crippen molar-refractivity contribution in [3.8, 4) is 0 Å². The number of hydrogen-bond acceptors (Lipinski definition) is 4. The Bertz CT molecular complexity index is 665. The van der Waals surface area contributed by atoms with Crippen LogP contribution in [0.25, 0.3) is 0 Å². The third-order valence-electron chi connectivity index (χ3n) is 3.81. The highest BCUT2D eigenvalue weighted by Crippen LogP contribution is 2.14. The molecule has 2 rings (SSSR count). The van der Waals surface area contributed by atoms with Gasteiger partial charge in [-0.25, -0.2) is 0 Å². The van der Waals surface area contributed by atoms with Gasteiger partial charge in [-0.2, -0.15) is 0 Å². The largest absolute Gasteiger partial charge is 0.472 e. The molecule has 24 heavy (non-hydrogen) atoms. The van der Waals surface area contributed by atoms with Crippen LogP contribution in [0.2, 0.25) is 0 Å². The van der Waals surface area contributed by atoms with Gasteiger partial charge in [0.1, 0.15) is 12.3 Å². The summed E-state index contributed by atoms with van der Waals surface area (Å²) in [6.07, 6.45) is 3.63. The lowest BCUT2D eigenvalue weighted by molar-refractivity contribution is -0.123. The topological polar surface area (TPSA) is 91.6 Å². The molecule has 0 bridgehead atoms. The summed E-state index contributed by atoms with van der Waals surface area (Å²) in [4.78, 5) is 24.2. The van der Waals surface area contributed by atoms with E-state index in [-0.39, 0.29) is 18.4 Å². The molecule has 128 valence electrons. The van der Waals surface area contributed by atoms with Crippen molar-refractivity contribution in [3.05, 3.63) is 59.5 Å². The zero-order valence-electron chi connectivity index (χ0n) is 13.8. The van der Waals surface area contributed by atoms with E-state index in [9.17, 15) is 14.7 Å². The number of aryl methyl sites for hydroxylation is 1. The van der Waals surface area contributed by atoms with Crippen molar-refractivity contribution in [2.45, 2.75) is 32.4 Å². The molecular weight excluding hydrogens is 308 g/mol. The lowest BCUT2D eigenvalue weighted by Crippen LogP contribution is -2.46. The van der Waals surface area contributed by atoms with E-state index in [2.05, 4.69) is 17.6 Å². The van der Waals surface area contributed by atoms with Crippen LogP contribution in [0.3, 0.4) is 0 Å². The fourth-order valence-electron chi connectivity index (χ4n) is 2.26. The number of rotatable bonds is 7. The molecule has 0 spiro atoms. The van der Waals surface area contributed by atoms with Gasteiger partial charge in [-0.1, -0.05) is 31.2 Å². The highest BCUT2D eigenvalue weighted by molar-refractivity contribution is 5.97. The molecule has 0 aliphatic rings. The number of aliphatic hydroxyl groups is 1. The van der Waals surface area contributed by atoms with Gasteiger partial charge >= 0.3 is 0 Å². The first-order chi connectivity index (χ1) is 11.5. The lowest BCUT2D eigenvalue weighted by atomic mass is 10.0. The molecule has 2 atom stereocenters. The SMILES string of the molecule is CCc1ccc(C(CO)NC(=O)C(C)NC(=O)c2ccoc2)cc1. The van der Waals surface area contributed by atoms with Gasteiger partial charge < -0.3 is 20.2 Å². The fraction of sp³-hybridized carbons (Fsp3) is 0.333. The zero-order valence-corrected chi connectivity index (χ0v) is 13.8. The summed E-state index contributed by atoms with van der Waals surface area (Å²) >= 11 is 0. The molecule has 0 saturated heterocycles. The van der Waals surface area contributed by atoms with Crippen LogP contribution < -0.4 is 10.6 Å². The van der Waals surface area contributed by atoms with E-state index < -0.39 is 12.1 Å². The zero-order chi connectivity index (χ0) is 17.5. The first-order valence-corrected chi connectivity index (χ1v) is 7.88. The molecule has 0 fully saturated rings. The second kappa shape index (κ2) is 8.31. The lowest BCUT2D eigenvalue weighted by Gasteiger charge is -2.20.